The Morgan fingerprint density at radius 2 is 2.15 bits per heavy atom. The minimum Gasteiger partial charge on any atom is -0.317 e. The minimum absolute atomic E-state index is 1.03. The molecular formula is C11H8N2. The summed E-state index contributed by atoms with van der Waals surface area (Å²) in [6.07, 6.45) is 5.26. The third kappa shape index (κ3) is 1.32. The van der Waals surface area contributed by atoms with Crippen molar-refractivity contribution in [3.05, 3.63) is 48.3 Å². The first-order valence-corrected chi connectivity index (χ1v) is 4.04. The second kappa shape index (κ2) is 3.16. The predicted molar refractivity (Wildman–Crippen MR) is 52.0 cm³/mol. The van der Waals surface area contributed by atoms with Crippen LogP contribution in [0.2, 0.25) is 0 Å². The second-order valence-electron chi connectivity index (χ2n) is 2.72. The van der Waals surface area contributed by atoms with E-state index in [9.17, 15) is 0 Å². The molecule has 2 heteroatoms. The van der Waals surface area contributed by atoms with Crippen LogP contribution in [0.15, 0.2) is 42.6 Å². The van der Waals surface area contributed by atoms with Gasteiger partial charge in [0.2, 0.25) is 0 Å². The van der Waals surface area contributed by atoms with Crippen molar-refractivity contribution in [1.82, 2.24) is 4.40 Å². The molecule has 0 N–H and O–H groups in total. The molecule has 0 aliphatic heterocycles. The van der Waals surface area contributed by atoms with E-state index >= 15 is 0 Å². The Kier molecular flexibility index (Phi) is 1.85. The van der Waals surface area contributed by atoms with E-state index in [0.717, 1.165) is 11.2 Å². The molecule has 0 saturated carbocycles. The van der Waals surface area contributed by atoms with Crippen LogP contribution >= 0.6 is 0 Å². The van der Waals surface area contributed by atoms with Crippen LogP contribution in [0.1, 0.15) is 5.69 Å². The highest BCUT2D eigenvalue weighted by Gasteiger charge is 1.94. The van der Waals surface area contributed by atoms with Gasteiger partial charge in [-0.15, -0.1) is 0 Å². The molecule has 0 atom stereocenters. The minimum atomic E-state index is 1.03. The first-order chi connectivity index (χ1) is 6.42. The van der Waals surface area contributed by atoms with Gasteiger partial charge in [0.05, 0.1) is 6.07 Å². The van der Waals surface area contributed by atoms with Gasteiger partial charge in [-0.25, -0.2) is 0 Å². The zero-order valence-corrected chi connectivity index (χ0v) is 7.01. The van der Waals surface area contributed by atoms with Gasteiger partial charge in [0.25, 0.3) is 0 Å². The van der Waals surface area contributed by atoms with Gasteiger partial charge in [0.15, 0.2) is 0 Å². The Balaban J connectivity index is 2.59. The van der Waals surface area contributed by atoms with E-state index in [4.69, 9.17) is 5.26 Å². The average molecular weight is 168 g/mol. The first kappa shape index (κ1) is 7.63. The van der Waals surface area contributed by atoms with Gasteiger partial charge < -0.3 is 4.40 Å². The Labute approximate surface area is 76.3 Å². The lowest BCUT2D eigenvalue weighted by Gasteiger charge is -1.95. The summed E-state index contributed by atoms with van der Waals surface area (Å²) >= 11 is 0. The molecule has 0 aliphatic rings. The molecular weight excluding hydrogens is 160 g/mol. The molecule has 2 nitrogen and oxygen atoms in total. The summed E-state index contributed by atoms with van der Waals surface area (Å²) in [4.78, 5) is 0. The summed E-state index contributed by atoms with van der Waals surface area (Å²) in [6, 6.07) is 12.0. The van der Waals surface area contributed by atoms with E-state index in [1.54, 1.807) is 6.08 Å². The summed E-state index contributed by atoms with van der Waals surface area (Å²) in [5.41, 5.74) is 2.16. The van der Waals surface area contributed by atoms with Crippen LogP contribution in [0.3, 0.4) is 0 Å². The zero-order valence-electron chi connectivity index (χ0n) is 7.01. The van der Waals surface area contributed by atoms with Gasteiger partial charge in [0.1, 0.15) is 0 Å². The van der Waals surface area contributed by atoms with E-state index in [2.05, 4.69) is 0 Å². The van der Waals surface area contributed by atoms with Crippen LogP contribution in [-0.2, 0) is 0 Å². The van der Waals surface area contributed by atoms with Crippen molar-refractivity contribution in [3.63, 3.8) is 0 Å². The van der Waals surface area contributed by atoms with E-state index in [1.807, 2.05) is 47.0 Å². The number of allylic oxidation sites excluding steroid dienone is 1. The third-order valence-corrected chi connectivity index (χ3v) is 1.92. The molecule has 62 valence electrons. The third-order valence-electron chi connectivity index (χ3n) is 1.92. The van der Waals surface area contributed by atoms with Crippen LogP contribution in [0.25, 0.3) is 11.6 Å². The summed E-state index contributed by atoms with van der Waals surface area (Å²) < 4.78 is 2.04. The summed E-state index contributed by atoms with van der Waals surface area (Å²) in [5, 5.41) is 8.39. The maximum absolute atomic E-state index is 8.39. The van der Waals surface area contributed by atoms with E-state index in [1.165, 1.54) is 6.08 Å². The Hall–Kier alpha value is -2.01. The molecule has 2 aromatic rings. The summed E-state index contributed by atoms with van der Waals surface area (Å²) in [7, 11) is 0. The molecule has 0 aromatic carbocycles. The Morgan fingerprint density at radius 3 is 3.00 bits per heavy atom. The lowest BCUT2D eigenvalue weighted by molar-refractivity contribution is 1.18. The molecule has 0 bridgehead atoms. The second-order valence-corrected chi connectivity index (χ2v) is 2.72. The number of nitrogens with zero attached hydrogens (tertiary/aromatic N) is 2. The van der Waals surface area contributed by atoms with Gasteiger partial charge in [-0.3, -0.25) is 0 Å². The van der Waals surface area contributed by atoms with E-state index < -0.39 is 0 Å². The number of aromatic nitrogens is 1. The fourth-order valence-corrected chi connectivity index (χ4v) is 1.34. The highest BCUT2D eigenvalue weighted by Crippen LogP contribution is 2.10. The van der Waals surface area contributed by atoms with Crippen molar-refractivity contribution in [2.45, 2.75) is 0 Å². The number of rotatable bonds is 1. The van der Waals surface area contributed by atoms with Crippen molar-refractivity contribution in [2.24, 2.45) is 0 Å². The zero-order chi connectivity index (χ0) is 9.10. The van der Waals surface area contributed by atoms with Gasteiger partial charge in [-0.05, 0) is 30.3 Å². The maximum atomic E-state index is 8.39. The lowest BCUT2D eigenvalue weighted by atomic mass is 10.4. The molecule has 0 radical (unpaired) electrons. The van der Waals surface area contributed by atoms with E-state index in [0.29, 0.717) is 0 Å². The monoisotopic (exact) mass is 168 g/mol. The fraction of sp³-hybridized carbons (Fsp3) is 0. The molecule has 0 aliphatic carbocycles. The first-order valence-electron chi connectivity index (χ1n) is 4.04. The molecule has 2 rings (SSSR count). The van der Waals surface area contributed by atoms with Crippen molar-refractivity contribution in [1.29, 1.82) is 5.26 Å². The molecule has 0 spiro atoms. The number of nitriles is 1. The van der Waals surface area contributed by atoms with Gasteiger partial charge >= 0.3 is 0 Å². The quantitative estimate of drug-likeness (QED) is 0.601. The largest absolute Gasteiger partial charge is 0.317 e. The number of hydrogen-bond acceptors (Lipinski definition) is 1. The smallest absolute Gasteiger partial charge is 0.0912 e. The molecule has 0 saturated heterocycles. The summed E-state index contributed by atoms with van der Waals surface area (Å²) in [6.45, 7) is 0. The maximum Gasteiger partial charge on any atom is 0.0912 e. The Morgan fingerprint density at radius 1 is 1.23 bits per heavy atom. The highest BCUT2D eigenvalue weighted by atomic mass is 14.9. The van der Waals surface area contributed by atoms with Crippen molar-refractivity contribution in [3.8, 4) is 6.07 Å². The normalized spacial score (nSPS) is 10.7. The van der Waals surface area contributed by atoms with Crippen LogP contribution in [0.4, 0.5) is 0 Å². The van der Waals surface area contributed by atoms with Crippen LogP contribution in [0.5, 0.6) is 0 Å². The number of pyridine rings is 1. The van der Waals surface area contributed by atoms with Gasteiger partial charge in [-0.1, -0.05) is 6.07 Å². The van der Waals surface area contributed by atoms with Crippen molar-refractivity contribution in [2.75, 3.05) is 0 Å². The molecule has 2 aromatic heterocycles. The fourth-order valence-electron chi connectivity index (χ4n) is 1.34. The van der Waals surface area contributed by atoms with Gasteiger partial charge in [-0.2, -0.15) is 5.26 Å². The summed E-state index contributed by atoms with van der Waals surface area (Å²) in [5.74, 6) is 0. The predicted octanol–water partition coefficient (Wildman–Crippen LogP) is 2.48. The standard InChI is InChI=1S/C11H8N2/c12-8-3-5-11-7-6-10-4-1-2-9-13(10)11/h1-7,9H/b5-3+. The van der Waals surface area contributed by atoms with Gasteiger partial charge in [0, 0.05) is 23.5 Å². The van der Waals surface area contributed by atoms with E-state index in [-0.39, 0.29) is 0 Å². The van der Waals surface area contributed by atoms with Crippen molar-refractivity contribution < 1.29 is 0 Å². The molecule has 0 unspecified atom stereocenters. The highest BCUT2D eigenvalue weighted by molar-refractivity contribution is 5.58. The topological polar surface area (TPSA) is 28.2 Å². The lowest BCUT2D eigenvalue weighted by Crippen LogP contribution is -1.83. The average Bonchev–Trinajstić information content (AvgIpc) is 2.58. The molecule has 0 fully saturated rings. The van der Waals surface area contributed by atoms with Crippen LogP contribution in [0, 0.1) is 11.3 Å². The molecule has 13 heavy (non-hydrogen) atoms. The van der Waals surface area contributed by atoms with Crippen LogP contribution < -0.4 is 0 Å². The Bertz CT molecular complexity index is 486. The number of fused-ring (bicyclic) bond motifs is 1. The SMILES string of the molecule is N#C/C=C/c1ccc2ccccn12. The molecule has 0 amide bonds. The number of hydrogen-bond donors (Lipinski definition) is 0. The molecule has 2 heterocycles. The van der Waals surface area contributed by atoms with Crippen LogP contribution in [-0.4, -0.2) is 4.40 Å². The van der Waals surface area contributed by atoms with Crippen molar-refractivity contribution >= 4 is 11.6 Å².